The standard InChI is InChI=1S/C12H15N3O2/c1-9-7-11(16)10(8-15-9)12(17)14-6-4-2-3-5-13/h7-8H,2-4,6H2,1H3,(H,14,17)(H,15,16). The number of nitrogens with one attached hydrogen (secondary N) is 2. The first kappa shape index (κ1) is 13.0. The number of carbonyl (C=O) groups excluding carboxylic acids is 1. The minimum absolute atomic E-state index is 0.121. The molecule has 1 amide bonds. The Labute approximate surface area is 99.5 Å². The Hall–Kier alpha value is -2.09. The molecule has 0 atom stereocenters. The molecule has 0 bridgehead atoms. The summed E-state index contributed by atoms with van der Waals surface area (Å²) >= 11 is 0. The molecule has 0 aliphatic heterocycles. The van der Waals surface area contributed by atoms with Crippen LogP contribution in [0.25, 0.3) is 0 Å². The molecule has 0 unspecified atom stereocenters. The first-order valence-corrected chi connectivity index (χ1v) is 5.49. The van der Waals surface area contributed by atoms with E-state index < -0.39 is 0 Å². The number of hydrogen-bond acceptors (Lipinski definition) is 3. The molecule has 0 aromatic carbocycles. The summed E-state index contributed by atoms with van der Waals surface area (Å²) in [6.45, 7) is 2.23. The summed E-state index contributed by atoms with van der Waals surface area (Å²) < 4.78 is 0. The number of H-pyrrole nitrogens is 1. The lowest BCUT2D eigenvalue weighted by Crippen LogP contribution is -2.29. The highest BCUT2D eigenvalue weighted by Crippen LogP contribution is 1.94. The van der Waals surface area contributed by atoms with Crippen LogP contribution in [0.15, 0.2) is 17.1 Å². The average Bonchev–Trinajstić information content (AvgIpc) is 2.28. The number of amides is 1. The van der Waals surface area contributed by atoms with E-state index in [0.29, 0.717) is 13.0 Å². The molecule has 0 fully saturated rings. The number of aromatic amines is 1. The zero-order chi connectivity index (χ0) is 12.7. The lowest BCUT2D eigenvalue weighted by atomic mass is 10.2. The van der Waals surface area contributed by atoms with Crippen molar-refractivity contribution in [2.45, 2.75) is 26.2 Å². The van der Waals surface area contributed by atoms with Crippen LogP contribution < -0.4 is 10.7 Å². The Morgan fingerprint density at radius 1 is 1.53 bits per heavy atom. The molecule has 0 aliphatic rings. The summed E-state index contributed by atoms with van der Waals surface area (Å²) in [5, 5.41) is 11.0. The van der Waals surface area contributed by atoms with Gasteiger partial charge in [0.25, 0.3) is 5.91 Å². The van der Waals surface area contributed by atoms with Crippen molar-refractivity contribution in [2.75, 3.05) is 6.54 Å². The number of rotatable bonds is 5. The average molecular weight is 233 g/mol. The molecule has 2 N–H and O–H groups in total. The third-order valence-corrected chi connectivity index (χ3v) is 2.30. The quantitative estimate of drug-likeness (QED) is 0.747. The Kier molecular flexibility index (Phi) is 4.95. The number of hydrogen-bond donors (Lipinski definition) is 2. The highest BCUT2D eigenvalue weighted by molar-refractivity contribution is 5.93. The second kappa shape index (κ2) is 6.48. The van der Waals surface area contributed by atoms with E-state index in [9.17, 15) is 9.59 Å². The topological polar surface area (TPSA) is 85.8 Å². The number of aryl methyl sites for hydroxylation is 1. The minimum atomic E-state index is -0.372. The molecular formula is C12H15N3O2. The van der Waals surface area contributed by atoms with Crippen molar-refractivity contribution < 1.29 is 4.79 Å². The van der Waals surface area contributed by atoms with Gasteiger partial charge in [-0.25, -0.2) is 0 Å². The first-order chi connectivity index (χ1) is 8.15. The third-order valence-electron chi connectivity index (χ3n) is 2.30. The molecular weight excluding hydrogens is 218 g/mol. The number of unbranched alkanes of at least 4 members (excludes halogenated alkanes) is 2. The van der Waals surface area contributed by atoms with Gasteiger partial charge in [0.2, 0.25) is 0 Å². The third kappa shape index (κ3) is 4.11. The molecule has 1 aromatic heterocycles. The summed E-state index contributed by atoms with van der Waals surface area (Å²) in [6, 6.07) is 3.43. The van der Waals surface area contributed by atoms with Crippen LogP contribution in [0.3, 0.4) is 0 Å². The van der Waals surface area contributed by atoms with Gasteiger partial charge in [0.05, 0.1) is 6.07 Å². The van der Waals surface area contributed by atoms with E-state index >= 15 is 0 Å². The van der Waals surface area contributed by atoms with E-state index in [-0.39, 0.29) is 16.9 Å². The molecule has 90 valence electrons. The van der Waals surface area contributed by atoms with E-state index in [1.807, 2.05) is 6.07 Å². The van der Waals surface area contributed by atoms with Crippen LogP contribution in [0.5, 0.6) is 0 Å². The van der Waals surface area contributed by atoms with Gasteiger partial charge in [-0.3, -0.25) is 9.59 Å². The summed E-state index contributed by atoms with van der Waals surface area (Å²) in [6.07, 6.45) is 3.40. The van der Waals surface area contributed by atoms with Crippen molar-refractivity contribution >= 4 is 5.91 Å². The van der Waals surface area contributed by atoms with Crippen molar-refractivity contribution in [1.82, 2.24) is 10.3 Å². The van der Waals surface area contributed by atoms with Crippen LogP contribution >= 0.6 is 0 Å². The van der Waals surface area contributed by atoms with E-state index in [4.69, 9.17) is 5.26 Å². The molecule has 5 heteroatoms. The predicted molar refractivity (Wildman–Crippen MR) is 63.6 cm³/mol. The summed E-state index contributed by atoms with van der Waals surface area (Å²) in [5.41, 5.74) is 0.562. The van der Waals surface area contributed by atoms with E-state index in [1.54, 1.807) is 6.92 Å². The molecule has 0 aliphatic carbocycles. The molecule has 5 nitrogen and oxygen atoms in total. The van der Waals surface area contributed by atoms with E-state index in [2.05, 4.69) is 10.3 Å². The Balaban J connectivity index is 2.48. The van der Waals surface area contributed by atoms with Crippen LogP contribution in [0.1, 0.15) is 35.3 Å². The molecule has 0 saturated heterocycles. The lowest BCUT2D eigenvalue weighted by molar-refractivity contribution is 0.0951. The van der Waals surface area contributed by atoms with Crippen molar-refractivity contribution in [3.8, 4) is 6.07 Å². The van der Waals surface area contributed by atoms with Crippen LogP contribution in [0.2, 0.25) is 0 Å². The van der Waals surface area contributed by atoms with E-state index in [0.717, 1.165) is 18.5 Å². The summed E-state index contributed by atoms with van der Waals surface area (Å²) in [5.74, 6) is -0.372. The maximum Gasteiger partial charge on any atom is 0.256 e. The first-order valence-electron chi connectivity index (χ1n) is 5.49. The van der Waals surface area contributed by atoms with Crippen molar-refractivity contribution in [3.05, 3.63) is 33.7 Å². The van der Waals surface area contributed by atoms with Crippen molar-refractivity contribution in [2.24, 2.45) is 0 Å². The Bertz CT molecular complexity index is 485. The van der Waals surface area contributed by atoms with Crippen LogP contribution in [-0.2, 0) is 0 Å². The molecule has 0 spiro atoms. The van der Waals surface area contributed by atoms with Gasteiger partial charge in [0, 0.05) is 30.9 Å². The maximum atomic E-state index is 11.6. The van der Waals surface area contributed by atoms with Crippen LogP contribution in [0, 0.1) is 18.3 Å². The van der Waals surface area contributed by atoms with Gasteiger partial charge >= 0.3 is 0 Å². The smallest absolute Gasteiger partial charge is 0.256 e. The number of nitrogens with zero attached hydrogens (tertiary/aromatic N) is 1. The monoisotopic (exact) mass is 233 g/mol. The van der Waals surface area contributed by atoms with Crippen LogP contribution in [-0.4, -0.2) is 17.4 Å². The number of aromatic nitrogens is 1. The molecule has 1 rings (SSSR count). The molecule has 1 aromatic rings. The van der Waals surface area contributed by atoms with Gasteiger partial charge in [-0.15, -0.1) is 0 Å². The number of pyridine rings is 1. The van der Waals surface area contributed by atoms with Gasteiger partial charge in [-0.1, -0.05) is 0 Å². The zero-order valence-corrected chi connectivity index (χ0v) is 9.75. The largest absolute Gasteiger partial charge is 0.364 e. The van der Waals surface area contributed by atoms with Gasteiger partial charge in [0.15, 0.2) is 5.43 Å². The normalized spacial score (nSPS) is 9.65. The van der Waals surface area contributed by atoms with E-state index in [1.165, 1.54) is 12.3 Å². The maximum absolute atomic E-state index is 11.6. The fourth-order valence-electron chi connectivity index (χ4n) is 1.38. The highest BCUT2D eigenvalue weighted by atomic mass is 16.2. The summed E-state index contributed by atoms with van der Waals surface area (Å²) in [4.78, 5) is 25.9. The Morgan fingerprint density at radius 2 is 2.29 bits per heavy atom. The fraction of sp³-hybridized carbons (Fsp3) is 0.417. The summed E-state index contributed by atoms with van der Waals surface area (Å²) in [7, 11) is 0. The predicted octanol–water partition coefficient (Wildman–Crippen LogP) is 1.11. The zero-order valence-electron chi connectivity index (χ0n) is 9.75. The minimum Gasteiger partial charge on any atom is -0.364 e. The van der Waals surface area contributed by atoms with Crippen LogP contribution in [0.4, 0.5) is 0 Å². The van der Waals surface area contributed by atoms with Gasteiger partial charge in [-0.2, -0.15) is 5.26 Å². The molecule has 1 heterocycles. The Morgan fingerprint density at radius 3 is 2.94 bits per heavy atom. The second-order valence-corrected chi connectivity index (χ2v) is 3.77. The van der Waals surface area contributed by atoms with Gasteiger partial charge in [0.1, 0.15) is 5.56 Å². The number of carbonyl (C=O) groups is 1. The number of nitriles is 1. The molecule has 0 radical (unpaired) electrons. The van der Waals surface area contributed by atoms with Crippen molar-refractivity contribution in [3.63, 3.8) is 0 Å². The second-order valence-electron chi connectivity index (χ2n) is 3.77. The van der Waals surface area contributed by atoms with Gasteiger partial charge < -0.3 is 10.3 Å². The fourth-order valence-corrected chi connectivity index (χ4v) is 1.38. The van der Waals surface area contributed by atoms with Gasteiger partial charge in [-0.05, 0) is 19.8 Å². The lowest BCUT2D eigenvalue weighted by Gasteiger charge is -2.03. The SMILES string of the molecule is Cc1cc(=O)c(C(=O)NCCCCC#N)c[nH]1. The molecule has 0 saturated carbocycles. The highest BCUT2D eigenvalue weighted by Gasteiger charge is 2.08. The molecule has 17 heavy (non-hydrogen) atoms. The van der Waals surface area contributed by atoms with Crippen molar-refractivity contribution in [1.29, 1.82) is 5.26 Å².